The predicted molar refractivity (Wildman–Crippen MR) is 64.9 cm³/mol. The number of ether oxygens (including phenoxy) is 2. The van der Waals surface area contributed by atoms with Gasteiger partial charge in [-0.1, -0.05) is 6.08 Å². The van der Waals surface area contributed by atoms with E-state index in [-0.39, 0.29) is 24.1 Å². The van der Waals surface area contributed by atoms with Crippen molar-refractivity contribution in [1.82, 2.24) is 15.0 Å². The minimum Gasteiger partial charge on any atom is -0.463 e. The van der Waals surface area contributed by atoms with Crippen LogP contribution in [0.1, 0.15) is 26.7 Å². The average Bonchev–Trinajstić information content (AvgIpc) is 2.22. The predicted octanol–water partition coefficient (Wildman–Crippen LogP) is 1.59. The van der Waals surface area contributed by atoms with E-state index in [2.05, 4.69) is 21.5 Å². The van der Waals surface area contributed by atoms with Crippen molar-refractivity contribution in [2.75, 3.05) is 12.3 Å². The lowest BCUT2D eigenvalue weighted by atomic mass is 10.3. The molecule has 6 nitrogen and oxygen atoms in total. The molecule has 0 atom stereocenters. The summed E-state index contributed by atoms with van der Waals surface area (Å²) in [7, 11) is 0. The molecule has 0 aliphatic rings. The smallest absolute Gasteiger partial charge is 0.324 e. The molecule has 0 saturated heterocycles. The lowest BCUT2D eigenvalue weighted by molar-refractivity contribution is 0.213. The van der Waals surface area contributed by atoms with Crippen molar-refractivity contribution in [2.45, 2.75) is 32.8 Å². The Kier molecular flexibility index (Phi) is 5.19. The number of aromatic nitrogens is 3. The second-order valence-corrected chi connectivity index (χ2v) is 3.70. The highest BCUT2D eigenvalue weighted by molar-refractivity contribution is 5.20. The van der Waals surface area contributed by atoms with Crippen LogP contribution < -0.4 is 15.2 Å². The van der Waals surface area contributed by atoms with E-state index in [0.717, 1.165) is 12.8 Å². The van der Waals surface area contributed by atoms with Gasteiger partial charge in [0.2, 0.25) is 5.95 Å². The summed E-state index contributed by atoms with van der Waals surface area (Å²) in [6.07, 6.45) is 3.55. The van der Waals surface area contributed by atoms with Crippen LogP contribution in [0.3, 0.4) is 0 Å². The molecule has 0 unspecified atom stereocenters. The Labute approximate surface area is 101 Å². The Balaban J connectivity index is 2.58. The molecule has 6 heteroatoms. The van der Waals surface area contributed by atoms with Crippen LogP contribution in [-0.2, 0) is 0 Å². The molecule has 0 amide bonds. The first kappa shape index (κ1) is 13.2. The van der Waals surface area contributed by atoms with Gasteiger partial charge in [-0.25, -0.2) is 0 Å². The molecule has 0 spiro atoms. The highest BCUT2D eigenvalue weighted by Gasteiger charge is 2.07. The number of unbranched alkanes of at least 4 members (excludes halogenated alkanes) is 1. The lowest BCUT2D eigenvalue weighted by Gasteiger charge is -2.09. The summed E-state index contributed by atoms with van der Waals surface area (Å²) in [6, 6.07) is 0.378. The number of allylic oxidation sites excluding steroid dienone is 1. The van der Waals surface area contributed by atoms with Crippen LogP contribution in [0.5, 0.6) is 12.0 Å². The second-order valence-electron chi connectivity index (χ2n) is 3.70. The van der Waals surface area contributed by atoms with E-state index in [4.69, 9.17) is 15.2 Å². The summed E-state index contributed by atoms with van der Waals surface area (Å²) in [5.74, 6) is 0.0920. The Morgan fingerprint density at radius 3 is 2.65 bits per heavy atom. The van der Waals surface area contributed by atoms with Crippen LogP contribution >= 0.6 is 0 Å². The summed E-state index contributed by atoms with van der Waals surface area (Å²) in [4.78, 5) is 11.7. The maximum atomic E-state index is 5.53. The molecule has 94 valence electrons. The summed E-state index contributed by atoms with van der Waals surface area (Å²) in [5.41, 5.74) is 5.53. The molecule has 0 bridgehead atoms. The molecule has 0 aliphatic heterocycles. The van der Waals surface area contributed by atoms with Crippen LogP contribution in [-0.4, -0.2) is 27.7 Å². The van der Waals surface area contributed by atoms with Crippen molar-refractivity contribution in [3.05, 3.63) is 12.7 Å². The van der Waals surface area contributed by atoms with E-state index >= 15 is 0 Å². The van der Waals surface area contributed by atoms with Gasteiger partial charge in [-0.15, -0.1) is 11.6 Å². The van der Waals surface area contributed by atoms with Gasteiger partial charge in [0.15, 0.2) is 0 Å². The van der Waals surface area contributed by atoms with Crippen molar-refractivity contribution < 1.29 is 9.47 Å². The van der Waals surface area contributed by atoms with Gasteiger partial charge in [-0.2, -0.15) is 9.97 Å². The first-order valence-electron chi connectivity index (χ1n) is 5.53. The summed E-state index contributed by atoms with van der Waals surface area (Å²) < 4.78 is 10.7. The SMILES string of the molecule is C=CCCCOc1nc(N)nc(OC(C)C)n1. The van der Waals surface area contributed by atoms with Crippen molar-refractivity contribution in [3.8, 4) is 12.0 Å². The quantitative estimate of drug-likeness (QED) is 0.573. The first-order valence-corrected chi connectivity index (χ1v) is 5.53. The molecule has 0 aliphatic carbocycles. The fourth-order valence-electron chi connectivity index (χ4n) is 1.07. The normalized spacial score (nSPS) is 10.3. The molecule has 1 heterocycles. The van der Waals surface area contributed by atoms with E-state index in [1.807, 2.05) is 19.9 Å². The minimum atomic E-state index is -0.0228. The third-order valence-electron chi connectivity index (χ3n) is 1.74. The van der Waals surface area contributed by atoms with Crippen molar-refractivity contribution in [2.24, 2.45) is 0 Å². The molecule has 0 fully saturated rings. The third-order valence-corrected chi connectivity index (χ3v) is 1.74. The van der Waals surface area contributed by atoms with Gasteiger partial charge in [0.05, 0.1) is 12.7 Å². The maximum Gasteiger partial charge on any atom is 0.324 e. The van der Waals surface area contributed by atoms with Gasteiger partial charge >= 0.3 is 12.0 Å². The summed E-state index contributed by atoms with van der Waals surface area (Å²) in [5, 5.41) is 0. The number of anilines is 1. The zero-order valence-electron chi connectivity index (χ0n) is 10.2. The van der Waals surface area contributed by atoms with Crippen LogP contribution in [0.4, 0.5) is 5.95 Å². The van der Waals surface area contributed by atoms with Gasteiger partial charge in [0.1, 0.15) is 0 Å². The first-order chi connectivity index (χ1) is 8.11. The zero-order chi connectivity index (χ0) is 12.7. The molecule has 0 saturated carbocycles. The minimum absolute atomic E-state index is 0.0228. The number of nitrogen functional groups attached to an aromatic ring is 1. The summed E-state index contributed by atoms with van der Waals surface area (Å²) >= 11 is 0. The van der Waals surface area contributed by atoms with Gasteiger partial charge in [-0.3, -0.25) is 0 Å². The fraction of sp³-hybridized carbons (Fsp3) is 0.545. The van der Waals surface area contributed by atoms with E-state index in [9.17, 15) is 0 Å². The van der Waals surface area contributed by atoms with Crippen molar-refractivity contribution in [3.63, 3.8) is 0 Å². The number of nitrogens with two attached hydrogens (primary N) is 1. The maximum absolute atomic E-state index is 5.53. The van der Waals surface area contributed by atoms with Gasteiger partial charge < -0.3 is 15.2 Å². The number of hydrogen-bond acceptors (Lipinski definition) is 6. The van der Waals surface area contributed by atoms with Crippen LogP contribution in [0.25, 0.3) is 0 Å². The fourth-order valence-corrected chi connectivity index (χ4v) is 1.07. The van der Waals surface area contributed by atoms with E-state index in [1.165, 1.54) is 0 Å². The number of rotatable bonds is 7. The Hall–Kier alpha value is -1.85. The van der Waals surface area contributed by atoms with E-state index in [1.54, 1.807) is 0 Å². The van der Waals surface area contributed by atoms with Crippen LogP contribution in [0.15, 0.2) is 12.7 Å². The van der Waals surface area contributed by atoms with Crippen molar-refractivity contribution >= 4 is 5.95 Å². The van der Waals surface area contributed by atoms with Crippen molar-refractivity contribution in [1.29, 1.82) is 0 Å². The highest BCUT2D eigenvalue weighted by atomic mass is 16.5. The molecule has 17 heavy (non-hydrogen) atoms. The van der Waals surface area contributed by atoms with E-state index < -0.39 is 0 Å². The van der Waals surface area contributed by atoms with E-state index in [0.29, 0.717) is 6.61 Å². The molecule has 1 aromatic rings. The molecule has 1 aromatic heterocycles. The third kappa shape index (κ3) is 5.14. The molecule has 2 N–H and O–H groups in total. The molecule has 0 aromatic carbocycles. The Morgan fingerprint density at radius 1 is 1.29 bits per heavy atom. The topological polar surface area (TPSA) is 83.2 Å². The molecular formula is C11H18N4O2. The van der Waals surface area contributed by atoms with Crippen LogP contribution in [0.2, 0.25) is 0 Å². The Bertz CT molecular complexity index is 368. The van der Waals surface area contributed by atoms with Gasteiger partial charge in [0, 0.05) is 0 Å². The number of nitrogens with zero attached hydrogens (tertiary/aromatic N) is 3. The molecule has 0 radical (unpaired) electrons. The monoisotopic (exact) mass is 238 g/mol. The lowest BCUT2D eigenvalue weighted by Crippen LogP contribution is -2.12. The van der Waals surface area contributed by atoms with Gasteiger partial charge in [-0.05, 0) is 26.7 Å². The standard InChI is InChI=1S/C11H18N4O2/c1-4-5-6-7-16-10-13-9(12)14-11(15-10)17-8(2)3/h4,8H,1,5-7H2,2-3H3,(H2,12,13,14,15). The highest BCUT2D eigenvalue weighted by Crippen LogP contribution is 2.12. The molecular weight excluding hydrogens is 220 g/mol. The average molecular weight is 238 g/mol. The van der Waals surface area contributed by atoms with Gasteiger partial charge in [0.25, 0.3) is 0 Å². The largest absolute Gasteiger partial charge is 0.463 e. The number of hydrogen-bond donors (Lipinski definition) is 1. The van der Waals surface area contributed by atoms with Crippen LogP contribution in [0, 0.1) is 0 Å². The Morgan fingerprint density at radius 2 is 2.00 bits per heavy atom. The summed E-state index contributed by atoms with van der Waals surface area (Å²) in [6.45, 7) is 7.90. The second kappa shape index (κ2) is 6.67. The zero-order valence-corrected chi connectivity index (χ0v) is 10.2. The molecule has 1 rings (SSSR count).